The summed E-state index contributed by atoms with van der Waals surface area (Å²) in [7, 11) is 0. The molecule has 4 heteroatoms. The molecule has 2 atom stereocenters. The molecule has 0 saturated carbocycles. The van der Waals surface area contributed by atoms with Gasteiger partial charge in [-0.2, -0.15) is 0 Å². The van der Waals surface area contributed by atoms with Gasteiger partial charge in [0.1, 0.15) is 5.69 Å². The van der Waals surface area contributed by atoms with E-state index < -0.39 is 0 Å². The van der Waals surface area contributed by atoms with Gasteiger partial charge in [-0.3, -0.25) is 4.79 Å². The van der Waals surface area contributed by atoms with Gasteiger partial charge in [0.15, 0.2) is 0 Å². The second-order valence-electron chi connectivity index (χ2n) is 5.14. The van der Waals surface area contributed by atoms with E-state index in [1.54, 1.807) is 0 Å². The van der Waals surface area contributed by atoms with E-state index in [1.807, 2.05) is 22.9 Å². The Morgan fingerprint density at radius 3 is 3.17 bits per heavy atom. The van der Waals surface area contributed by atoms with E-state index in [0.29, 0.717) is 12.1 Å². The van der Waals surface area contributed by atoms with E-state index >= 15 is 0 Å². The molecule has 2 rings (SSSR count). The maximum absolute atomic E-state index is 12.2. The summed E-state index contributed by atoms with van der Waals surface area (Å²) < 4.78 is 2.03. The van der Waals surface area contributed by atoms with Gasteiger partial charge in [-0.1, -0.05) is 6.92 Å². The van der Waals surface area contributed by atoms with Gasteiger partial charge >= 0.3 is 0 Å². The number of nitrogens with one attached hydrogen (secondary N) is 2. The summed E-state index contributed by atoms with van der Waals surface area (Å²) in [5.74, 6) is 0.0625. The Labute approximate surface area is 109 Å². The smallest absolute Gasteiger partial charge is 0.268 e. The number of aromatic nitrogens is 1. The Balaban J connectivity index is 1.96. The monoisotopic (exact) mass is 249 g/mol. The lowest BCUT2D eigenvalue weighted by atomic mass is 10.0. The van der Waals surface area contributed by atoms with Crippen molar-refractivity contribution in [2.24, 2.45) is 0 Å². The minimum atomic E-state index is 0.0625. The Morgan fingerprint density at radius 2 is 2.44 bits per heavy atom. The normalized spacial score (nSPS) is 23.9. The minimum absolute atomic E-state index is 0.0625. The van der Waals surface area contributed by atoms with Crippen molar-refractivity contribution in [3.05, 3.63) is 24.0 Å². The van der Waals surface area contributed by atoms with Gasteiger partial charge in [-0.15, -0.1) is 0 Å². The first-order chi connectivity index (χ1) is 8.70. The first-order valence-electron chi connectivity index (χ1n) is 6.90. The lowest BCUT2D eigenvalue weighted by Crippen LogP contribution is -2.46. The molecule has 1 aromatic rings. The number of carbonyl (C=O) groups is 1. The second-order valence-corrected chi connectivity index (χ2v) is 5.14. The van der Waals surface area contributed by atoms with Crippen molar-refractivity contribution in [1.29, 1.82) is 0 Å². The first-order valence-corrected chi connectivity index (χ1v) is 6.90. The van der Waals surface area contributed by atoms with E-state index in [4.69, 9.17) is 0 Å². The number of carbonyl (C=O) groups excluding carboxylic acids is 1. The fraction of sp³-hybridized carbons (Fsp3) is 0.643. The lowest BCUT2D eigenvalue weighted by Gasteiger charge is -2.28. The van der Waals surface area contributed by atoms with Crippen LogP contribution >= 0.6 is 0 Å². The summed E-state index contributed by atoms with van der Waals surface area (Å²) in [6.45, 7) is 6.18. The Bertz CT molecular complexity index is 399. The molecule has 0 spiro atoms. The van der Waals surface area contributed by atoms with Gasteiger partial charge in [0.05, 0.1) is 0 Å². The summed E-state index contributed by atoms with van der Waals surface area (Å²) in [6, 6.07) is 4.63. The quantitative estimate of drug-likeness (QED) is 0.854. The van der Waals surface area contributed by atoms with E-state index in [2.05, 4.69) is 24.5 Å². The molecule has 1 aliphatic heterocycles. The first kappa shape index (κ1) is 13.1. The molecule has 4 nitrogen and oxygen atoms in total. The number of piperidine rings is 1. The third kappa shape index (κ3) is 3.13. The van der Waals surface area contributed by atoms with Crippen LogP contribution in [0.25, 0.3) is 0 Å². The van der Waals surface area contributed by atoms with Gasteiger partial charge in [0, 0.05) is 24.8 Å². The van der Waals surface area contributed by atoms with E-state index in [1.165, 1.54) is 0 Å². The molecule has 2 heterocycles. The van der Waals surface area contributed by atoms with Crippen LogP contribution in [0.15, 0.2) is 18.3 Å². The zero-order valence-corrected chi connectivity index (χ0v) is 11.3. The van der Waals surface area contributed by atoms with Gasteiger partial charge in [-0.05, 0) is 44.9 Å². The number of hydrogen-bond acceptors (Lipinski definition) is 2. The van der Waals surface area contributed by atoms with Crippen LogP contribution in [-0.4, -0.2) is 29.1 Å². The van der Waals surface area contributed by atoms with Gasteiger partial charge < -0.3 is 15.2 Å². The molecule has 1 amide bonds. The molecule has 18 heavy (non-hydrogen) atoms. The third-order valence-electron chi connectivity index (χ3n) is 3.49. The maximum atomic E-state index is 12.2. The van der Waals surface area contributed by atoms with Crippen molar-refractivity contribution in [3.8, 4) is 0 Å². The number of rotatable bonds is 4. The molecule has 1 aromatic heterocycles. The fourth-order valence-corrected chi connectivity index (χ4v) is 2.58. The van der Waals surface area contributed by atoms with Crippen molar-refractivity contribution in [2.75, 3.05) is 6.54 Å². The van der Waals surface area contributed by atoms with E-state index in [-0.39, 0.29) is 5.91 Å². The average molecular weight is 249 g/mol. The highest BCUT2D eigenvalue weighted by atomic mass is 16.2. The molecule has 1 saturated heterocycles. The van der Waals surface area contributed by atoms with Crippen molar-refractivity contribution in [2.45, 2.75) is 51.7 Å². The van der Waals surface area contributed by atoms with Crippen molar-refractivity contribution in [1.82, 2.24) is 15.2 Å². The summed E-state index contributed by atoms with van der Waals surface area (Å²) in [5.41, 5.74) is 0.781. The van der Waals surface area contributed by atoms with Crippen LogP contribution in [-0.2, 0) is 6.54 Å². The molecule has 2 unspecified atom stereocenters. The molecule has 0 radical (unpaired) electrons. The topological polar surface area (TPSA) is 46.1 Å². The van der Waals surface area contributed by atoms with Gasteiger partial charge in [0.25, 0.3) is 5.91 Å². The number of aryl methyl sites for hydroxylation is 1. The highest BCUT2D eigenvalue weighted by Crippen LogP contribution is 2.10. The number of amides is 1. The highest BCUT2D eigenvalue weighted by molar-refractivity contribution is 5.92. The zero-order valence-electron chi connectivity index (χ0n) is 11.3. The Morgan fingerprint density at radius 1 is 1.61 bits per heavy atom. The summed E-state index contributed by atoms with van der Waals surface area (Å²) in [4.78, 5) is 12.2. The van der Waals surface area contributed by atoms with Crippen LogP contribution in [0.2, 0.25) is 0 Å². The molecule has 100 valence electrons. The summed E-state index contributed by atoms with van der Waals surface area (Å²) in [5, 5.41) is 6.55. The Hall–Kier alpha value is -1.29. The van der Waals surface area contributed by atoms with Crippen LogP contribution in [0.4, 0.5) is 0 Å². The van der Waals surface area contributed by atoms with Crippen LogP contribution < -0.4 is 10.6 Å². The molecular formula is C14H23N3O. The zero-order chi connectivity index (χ0) is 13.0. The SMILES string of the molecule is CCCn1cccc1C(=O)NC1CCNC(C)C1. The average Bonchev–Trinajstić information content (AvgIpc) is 2.78. The molecule has 0 aromatic carbocycles. The molecule has 0 bridgehead atoms. The van der Waals surface area contributed by atoms with Crippen molar-refractivity contribution >= 4 is 5.91 Å². The molecule has 0 aliphatic carbocycles. The Kier molecular flexibility index (Phi) is 4.42. The highest BCUT2D eigenvalue weighted by Gasteiger charge is 2.21. The maximum Gasteiger partial charge on any atom is 0.268 e. The number of hydrogen-bond donors (Lipinski definition) is 2. The molecular weight excluding hydrogens is 226 g/mol. The van der Waals surface area contributed by atoms with Crippen molar-refractivity contribution in [3.63, 3.8) is 0 Å². The predicted octanol–water partition coefficient (Wildman–Crippen LogP) is 1.77. The molecule has 1 aliphatic rings. The largest absolute Gasteiger partial charge is 0.348 e. The molecule has 1 fully saturated rings. The molecule has 2 N–H and O–H groups in total. The van der Waals surface area contributed by atoms with Crippen LogP contribution in [0.1, 0.15) is 43.6 Å². The van der Waals surface area contributed by atoms with Crippen molar-refractivity contribution < 1.29 is 4.79 Å². The fourth-order valence-electron chi connectivity index (χ4n) is 2.58. The predicted molar refractivity (Wildman–Crippen MR) is 72.7 cm³/mol. The van der Waals surface area contributed by atoms with Gasteiger partial charge in [-0.25, -0.2) is 0 Å². The lowest BCUT2D eigenvalue weighted by molar-refractivity contribution is 0.0916. The van der Waals surface area contributed by atoms with Gasteiger partial charge in [0.2, 0.25) is 0 Å². The standard InChI is InChI=1S/C14H23N3O/c1-3-8-17-9-4-5-13(17)14(18)16-12-6-7-15-11(2)10-12/h4-5,9,11-12,15H,3,6-8,10H2,1-2H3,(H,16,18). The third-order valence-corrected chi connectivity index (χ3v) is 3.49. The number of nitrogens with zero attached hydrogens (tertiary/aromatic N) is 1. The summed E-state index contributed by atoms with van der Waals surface area (Å²) >= 11 is 0. The van der Waals surface area contributed by atoms with E-state index in [9.17, 15) is 4.79 Å². The van der Waals surface area contributed by atoms with Crippen LogP contribution in [0.5, 0.6) is 0 Å². The second kappa shape index (κ2) is 6.05. The van der Waals surface area contributed by atoms with Crippen LogP contribution in [0, 0.1) is 0 Å². The van der Waals surface area contributed by atoms with Crippen LogP contribution in [0.3, 0.4) is 0 Å². The summed E-state index contributed by atoms with van der Waals surface area (Å²) in [6.07, 6.45) is 5.05. The minimum Gasteiger partial charge on any atom is -0.348 e. The van der Waals surface area contributed by atoms with E-state index in [0.717, 1.165) is 38.0 Å².